The maximum Gasteiger partial charge on any atom is 0.144 e. The summed E-state index contributed by atoms with van der Waals surface area (Å²) in [5.74, 6) is 0.232. The number of rotatable bonds is 3. The highest BCUT2D eigenvalue weighted by molar-refractivity contribution is 5.86. The Morgan fingerprint density at radius 3 is 1.59 bits per heavy atom. The van der Waals surface area contributed by atoms with Gasteiger partial charge in [-0.1, -0.05) is 41.5 Å². The van der Waals surface area contributed by atoms with Gasteiger partial charge < -0.3 is 4.74 Å². The lowest BCUT2D eigenvalue weighted by Crippen LogP contribution is -2.41. The molecule has 0 amide bonds. The lowest BCUT2D eigenvalue weighted by Gasteiger charge is -2.35. The van der Waals surface area contributed by atoms with Gasteiger partial charge in [0.25, 0.3) is 0 Å². The molecule has 0 spiro atoms. The fraction of sp³-hybridized carbons (Fsp3) is 0.933. The number of carbonyl (C=O) groups is 1. The van der Waals surface area contributed by atoms with Crippen molar-refractivity contribution in [2.24, 2.45) is 16.7 Å². The second kappa shape index (κ2) is 5.09. The molecule has 0 aliphatic heterocycles. The molecule has 0 aromatic carbocycles. The summed E-state index contributed by atoms with van der Waals surface area (Å²) in [6.07, 6.45) is 0. The van der Waals surface area contributed by atoms with E-state index >= 15 is 0 Å². The van der Waals surface area contributed by atoms with Gasteiger partial charge in [-0.25, -0.2) is 0 Å². The molecule has 0 aliphatic carbocycles. The first kappa shape index (κ1) is 16.6. The molecule has 0 radical (unpaired) electrons. The van der Waals surface area contributed by atoms with Crippen molar-refractivity contribution in [3.05, 3.63) is 0 Å². The molecule has 0 aromatic heterocycles. The Bertz CT molecular complexity index is 258. The average molecular weight is 242 g/mol. The van der Waals surface area contributed by atoms with Crippen LogP contribution in [0.1, 0.15) is 62.3 Å². The zero-order valence-electron chi connectivity index (χ0n) is 13.1. The van der Waals surface area contributed by atoms with E-state index in [1.54, 1.807) is 0 Å². The molecule has 0 saturated carbocycles. The summed E-state index contributed by atoms with van der Waals surface area (Å²) < 4.78 is 5.81. The molecule has 0 bridgehead atoms. The molecule has 102 valence electrons. The minimum Gasteiger partial charge on any atom is -0.375 e. The summed E-state index contributed by atoms with van der Waals surface area (Å²) >= 11 is 0. The highest BCUT2D eigenvalue weighted by Gasteiger charge is 2.38. The highest BCUT2D eigenvalue weighted by atomic mass is 16.5. The number of ketones is 1. The predicted molar refractivity (Wildman–Crippen MR) is 73.1 cm³/mol. The van der Waals surface area contributed by atoms with Crippen LogP contribution in [0.2, 0.25) is 0 Å². The van der Waals surface area contributed by atoms with E-state index in [4.69, 9.17) is 4.74 Å². The summed E-state index contributed by atoms with van der Waals surface area (Å²) in [5, 5.41) is 0. The third-order valence-electron chi connectivity index (χ3n) is 2.78. The molecule has 0 aromatic rings. The molecular weight excluding hydrogens is 212 g/mol. The third-order valence-corrected chi connectivity index (χ3v) is 2.78. The fourth-order valence-corrected chi connectivity index (χ4v) is 1.57. The van der Waals surface area contributed by atoms with Crippen LogP contribution in [0.5, 0.6) is 0 Å². The maximum absolute atomic E-state index is 12.4. The number of hydrogen-bond acceptors (Lipinski definition) is 2. The summed E-state index contributed by atoms with van der Waals surface area (Å²) in [5.41, 5.74) is -0.559. The highest BCUT2D eigenvalue weighted by Crippen LogP contribution is 2.34. The molecule has 0 unspecified atom stereocenters. The first-order chi connectivity index (χ1) is 7.25. The third kappa shape index (κ3) is 6.21. The molecule has 0 heterocycles. The van der Waals surface area contributed by atoms with Crippen LogP contribution < -0.4 is 0 Å². The van der Waals surface area contributed by atoms with Gasteiger partial charge in [-0.05, 0) is 26.2 Å². The lowest BCUT2D eigenvalue weighted by atomic mass is 9.71. The molecule has 0 rings (SSSR count). The van der Waals surface area contributed by atoms with Crippen LogP contribution in [0, 0.1) is 16.7 Å². The van der Waals surface area contributed by atoms with E-state index in [-0.39, 0.29) is 28.1 Å². The molecular formula is C15H30O2. The van der Waals surface area contributed by atoms with E-state index in [0.717, 1.165) is 0 Å². The van der Waals surface area contributed by atoms with Gasteiger partial charge in [-0.15, -0.1) is 0 Å². The van der Waals surface area contributed by atoms with E-state index in [9.17, 15) is 4.79 Å². The largest absolute Gasteiger partial charge is 0.375 e. The standard InChI is InChI=1S/C15H30O2/c1-13(2,3)11(10-17-15(7,8)9)12(16)14(4,5)6/h11H,10H2,1-9H3/t11-/m0/s1. The Balaban J connectivity index is 4.87. The Morgan fingerprint density at radius 1 is 0.941 bits per heavy atom. The normalized spacial score (nSPS) is 15.8. The van der Waals surface area contributed by atoms with Crippen LogP contribution in [0.3, 0.4) is 0 Å². The molecule has 0 fully saturated rings. The average Bonchev–Trinajstić information content (AvgIpc) is 1.97. The van der Waals surface area contributed by atoms with Crippen LogP contribution in [0.4, 0.5) is 0 Å². The number of hydrogen-bond donors (Lipinski definition) is 0. The second-order valence-electron chi connectivity index (χ2n) is 7.96. The van der Waals surface area contributed by atoms with Gasteiger partial charge >= 0.3 is 0 Å². The van der Waals surface area contributed by atoms with E-state index in [1.165, 1.54) is 0 Å². The van der Waals surface area contributed by atoms with Crippen LogP contribution in [-0.2, 0) is 9.53 Å². The number of carbonyl (C=O) groups excluding carboxylic acids is 1. The lowest BCUT2D eigenvalue weighted by molar-refractivity contribution is -0.139. The Labute approximate surface area is 107 Å². The quantitative estimate of drug-likeness (QED) is 0.745. The monoisotopic (exact) mass is 242 g/mol. The summed E-state index contributed by atoms with van der Waals surface area (Å²) in [4.78, 5) is 12.4. The van der Waals surface area contributed by atoms with E-state index < -0.39 is 0 Å². The zero-order chi connectivity index (χ0) is 14.1. The molecule has 2 nitrogen and oxygen atoms in total. The van der Waals surface area contributed by atoms with Crippen LogP contribution in [0.25, 0.3) is 0 Å². The van der Waals surface area contributed by atoms with E-state index in [0.29, 0.717) is 6.61 Å². The number of ether oxygens (including phenoxy) is 1. The molecule has 2 heteroatoms. The van der Waals surface area contributed by atoms with Crippen molar-refractivity contribution >= 4 is 5.78 Å². The van der Waals surface area contributed by atoms with Gasteiger partial charge in [0.1, 0.15) is 5.78 Å². The molecule has 0 N–H and O–H groups in total. The van der Waals surface area contributed by atoms with Gasteiger partial charge in [0.05, 0.1) is 12.2 Å². The fourth-order valence-electron chi connectivity index (χ4n) is 1.57. The van der Waals surface area contributed by atoms with E-state index in [1.807, 2.05) is 41.5 Å². The van der Waals surface area contributed by atoms with Crippen molar-refractivity contribution in [2.45, 2.75) is 67.9 Å². The van der Waals surface area contributed by atoms with E-state index in [2.05, 4.69) is 20.8 Å². The molecule has 0 aliphatic rings. The van der Waals surface area contributed by atoms with Crippen molar-refractivity contribution < 1.29 is 9.53 Å². The molecule has 0 saturated heterocycles. The smallest absolute Gasteiger partial charge is 0.144 e. The van der Waals surface area contributed by atoms with Crippen LogP contribution in [-0.4, -0.2) is 18.0 Å². The Hall–Kier alpha value is -0.370. The van der Waals surface area contributed by atoms with Crippen LogP contribution in [0.15, 0.2) is 0 Å². The van der Waals surface area contributed by atoms with Crippen molar-refractivity contribution in [2.75, 3.05) is 6.61 Å². The van der Waals surface area contributed by atoms with Gasteiger partial charge in [0.15, 0.2) is 0 Å². The minimum atomic E-state index is -0.306. The van der Waals surface area contributed by atoms with Gasteiger partial charge in [-0.3, -0.25) is 4.79 Å². The Kier molecular flexibility index (Phi) is 4.98. The minimum absolute atomic E-state index is 0.0540. The predicted octanol–water partition coefficient (Wildman–Crippen LogP) is 4.08. The maximum atomic E-state index is 12.4. The first-order valence-corrected chi connectivity index (χ1v) is 6.43. The van der Waals surface area contributed by atoms with Gasteiger partial charge in [0.2, 0.25) is 0 Å². The first-order valence-electron chi connectivity index (χ1n) is 6.43. The second-order valence-corrected chi connectivity index (χ2v) is 7.96. The topological polar surface area (TPSA) is 26.3 Å². The van der Waals surface area contributed by atoms with Crippen molar-refractivity contribution in [3.8, 4) is 0 Å². The summed E-state index contributed by atoms with van der Waals surface area (Å²) in [7, 11) is 0. The SMILES string of the molecule is CC(C)(C)OC[C@@H](C(=O)C(C)(C)C)C(C)(C)C. The van der Waals surface area contributed by atoms with Crippen LogP contribution >= 0.6 is 0 Å². The van der Waals surface area contributed by atoms with Crippen molar-refractivity contribution in [3.63, 3.8) is 0 Å². The van der Waals surface area contributed by atoms with Gasteiger partial charge in [0, 0.05) is 11.3 Å². The number of Topliss-reactive ketones (excluding diaryl/α,β-unsaturated/α-hetero) is 1. The molecule has 1 atom stereocenters. The zero-order valence-corrected chi connectivity index (χ0v) is 13.1. The summed E-state index contributed by atoms with van der Waals surface area (Å²) in [6.45, 7) is 18.8. The molecule has 17 heavy (non-hydrogen) atoms. The van der Waals surface area contributed by atoms with Gasteiger partial charge in [-0.2, -0.15) is 0 Å². The van der Waals surface area contributed by atoms with Crippen molar-refractivity contribution in [1.82, 2.24) is 0 Å². The Morgan fingerprint density at radius 2 is 1.35 bits per heavy atom. The van der Waals surface area contributed by atoms with Crippen molar-refractivity contribution in [1.29, 1.82) is 0 Å². The summed E-state index contributed by atoms with van der Waals surface area (Å²) in [6, 6.07) is 0.